The number of hydrogen-bond acceptors (Lipinski definition) is 2. The van der Waals surface area contributed by atoms with Gasteiger partial charge in [0.25, 0.3) is 0 Å². The van der Waals surface area contributed by atoms with Gasteiger partial charge in [-0.25, -0.2) is 9.59 Å². The fourth-order valence-corrected chi connectivity index (χ4v) is 0.825. The molecule has 0 aliphatic rings. The fraction of sp³-hybridized carbons (Fsp3) is 0.333. The van der Waals surface area contributed by atoms with Crippen LogP contribution in [0.3, 0.4) is 0 Å². The molecule has 0 saturated heterocycles. The lowest BCUT2D eigenvalue weighted by molar-refractivity contribution is 0.248. The van der Waals surface area contributed by atoms with Gasteiger partial charge in [0.1, 0.15) is 0 Å². The molecule has 2 amide bonds. The van der Waals surface area contributed by atoms with Crippen LogP contribution in [0.1, 0.15) is 0 Å². The highest BCUT2D eigenvalue weighted by atomic mass is 16.2. The third-order valence-corrected chi connectivity index (χ3v) is 1.37. The van der Waals surface area contributed by atoms with Crippen LogP contribution in [-0.2, 0) is 6.54 Å². The Morgan fingerprint density at radius 1 is 1.75 bits per heavy atom. The monoisotopic (exact) mass is 170 g/mol. The van der Waals surface area contributed by atoms with E-state index in [-0.39, 0.29) is 5.69 Å². The molecule has 0 saturated carbocycles. The summed E-state index contributed by atoms with van der Waals surface area (Å²) in [4.78, 5) is 23.6. The highest BCUT2D eigenvalue weighted by Crippen LogP contribution is 1.76. The van der Waals surface area contributed by atoms with Gasteiger partial charge in [0, 0.05) is 25.5 Å². The normalized spacial score (nSPS) is 9.67. The van der Waals surface area contributed by atoms with Crippen LogP contribution in [0.5, 0.6) is 0 Å². The molecule has 1 rings (SSSR count). The molecule has 0 unspecified atom stereocenters. The number of hydrogen-bond donors (Lipinski definition) is 3. The van der Waals surface area contributed by atoms with Crippen LogP contribution in [0.4, 0.5) is 4.79 Å². The molecule has 0 spiro atoms. The number of aromatic nitrogens is 2. The molecule has 4 N–H and O–H groups in total. The van der Waals surface area contributed by atoms with Crippen molar-refractivity contribution >= 4 is 6.03 Å². The number of carbonyl (C=O) groups is 1. The van der Waals surface area contributed by atoms with Crippen LogP contribution in [0.25, 0.3) is 0 Å². The zero-order valence-electron chi connectivity index (χ0n) is 6.41. The molecule has 0 atom stereocenters. The summed E-state index contributed by atoms with van der Waals surface area (Å²) >= 11 is 0. The van der Waals surface area contributed by atoms with Crippen LogP contribution in [0.2, 0.25) is 0 Å². The molecule has 0 bridgehead atoms. The minimum Gasteiger partial charge on any atom is -0.352 e. The summed E-state index contributed by atoms with van der Waals surface area (Å²) in [6, 6.07) is -0.585. The molecule has 0 aliphatic heterocycles. The maximum Gasteiger partial charge on any atom is 0.325 e. The average molecular weight is 170 g/mol. The summed E-state index contributed by atoms with van der Waals surface area (Å²) in [5.41, 5.74) is 4.63. The van der Waals surface area contributed by atoms with Gasteiger partial charge in [0.2, 0.25) is 0 Å². The lowest BCUT2D eigenvalue weighted by atomic mass is 10.6. The maximum atomic E-state index is 10.9. The third-order valence-electron chi connectivity index (χ3n) is 1.37. The summed E-state index contributed by atoms with van der Waals surface area (Å²) in [6.45, 7) is 0.776. The number of H-pyrrole nitrogens is 1. The highest BCUT2D eigenvalue weighted by Gasteiger charge is 1.95. The van der Waals surface area contributed by atoms with Crippen LogP contribution in [0, 0.1) is 0 Å². The predicted molar refractivity (Wildman–Crippen MR) is 42.6 cm³/mol. The second-order valence-electron chi connectivity index (χ2n) is 2.25. The van der Waals surface area contributed by atoms with Crippen molar-refractivity contribution < 1.29 is 4.79 Å². The summed E-state index contributed by atoms with van der Waals surface area (Å²) in [5.74, 6) is 0. The number of rotatable bonds is 3. The molecule has 0 radical (unpaired) electrons. The van der Waals surface area contributed by atoms with Crippen molar-refractivity contribution in [2.45, 2.75) is 6.54 Å². The summed E-state index contributed by atoms with van der Waals surface area (Å²) in [7, 11) is 0. The summed E-state index contributed by atoms with van der Waals surface area (Å²) in [6.07, 6.45) is 3.14. The number of urea groups is 1. The molecule has 0 aliphatic carbocycles. The van der Waals surface area contributed by atoms with Gasteiger partial charge in [-0.1, -0.05) is 0 Å². The third kappa shape index (κ3) is 2.15. The summed E-state index contributed by atoms with van der Waals surface area (Å²) < 4.78 is 1.44. The fourth-order valence-electron chi connectivity index (χ4n) is 0.825. The second-order valence-corrected chi connectivity index (χ2v) is 2.25. The first-order chi connectivity index (χ1) is 5.70. The molecule has 1 heterocycles. The predicted octanol–water partition coefficient (Wildman–Crippen LogP) is -1.16. The van der Waals surface area contributed by atoms with E-state index in [4.69, 9.17) is 5.73 Å². The van der Waals surface area contributed by atoms with Crippen molar-refractivity contribution in [1.29, 1.82) is 0 Å². The number of nitrogens with one attached hydrogen (secondary N) is 2. The van der Waals surface area contributed by atoms with Gasteiger partial charge in [-0.3, -0.25) is 4.57 Å². The molecule has 6 heteroatoms. The van der Waals surface area contributed by atoms with Crippen LogP contribution < -0.4 is 16.7 Å². The molecule has 1 aromatic rings. The van der Waals surface area contributed by atoms with Crippen molar-refractivity contribution in [2.75, 3.05) is 6.54 Å². The van der Waals surface area contributed by atoms with Crippen molar-refractivity contribution in [3.8, 4) is 0 Å². The van der Waals surface area contributed by atoms with Gasteiger partial charge in [0.15, 0.2) is 0 Å². The minimum atomic E-state index is -0.585. The minimum absolute atomic E-state index is 0.193. The summed E-state index contributed by atoms with van der Waals surface area (Å²) in [5, 5.41) is 2.38. The SMILES string of the molecule is NC(=O)NCCn1cc[nH]c1=O. The molecular formula is C6H10N4O2. The molecule has 0 fully saturated rings. The van der Waals surface area contributed by atoms with Crippen molar-refractivity contribution in [2.24, 2.45) is 5.73 Å². The Hall–Kier alpha value is -1.72. The molecule has 12 heavy (non-hydrogen) atoms. The zero-order valence-corrected chi connectivity index (χ0v) is 6.41. The van der Waals surface area contributed by atoms with Crippen molar-refractivity contribution in [3.05, 3.63) is 22.9 Å². The van der Waals surface area contributed by atoms with Crippen molar-refractivity contribution in [3.63, 3.8) is 0 Å². The Bertz CT molecular complexity index is 313. The van der Waals surface area contributed by atoms with E-state index in [9.17, 15) is 9.59 Å². The number of aromatic amines is 1. The molecule has 6 nitrogen and oxygen atoms in total. The number of imidazole rings is 1. The van der Waals surface area contributed by atoms with Crippen molar-refractivity contribution in [1.82, 2.24) is 14.9 Å². The van der Waals surface area contributed by atoms with E-state index < -0.39 is 6.03 Å². The smallest absolute Gasteiger partial charge is 0.325 e. The van der Waals surface area contributed by atoms with Gasteiger partial charge in [-0.2, -0.15) is 0 Å². The highest BCUT2D eigenvalue weighted by molar-refractivity contribution is 5.71. The molecular weight excluding hydrogens is 160 g/mol. The van der Waals surface area contributed by atoms with E-state index in [0.29, 0.717) is 13.1 Å². The standard InChI is InChI=1S/C6H10N4O2/c7-5(11)8-1-3-10-4-2-9-6(10)12/h2,4H,1,3H2,(H,9,12)(H3,7,8,11). The van der Waals surface area contributed by atoms with E-state index in [2.05, 4.69) is 10.3 Å². The Labute approximate surface area is 68.4 Å². The van der Waals surface area contributed by atoms with Crippen LogP contribution in [0.15, 0.2) is 17.2 Å². The van der Waals surface area contributed by atoms with E-state index in [1.807, 2.05) is 0 Å². The van der Waals surface area contributed by atoms with Gasteiger partial charge in [0.05, 0.1) is 0 Å². The van der Waals surface area contributed by atoms with Gasteiger partial charge in [-0.15, -0.1) is 0 Å². The van der Waals surface area contributed by atoms with Crippen LogP contribution in [-0.4, -0.2) is 22.1 Å². The van der Waals surface area contributed by atoms with E-state index in [0.717, 1.165) is 0 Å². The Morgan fingerprint density at radius 3 is 3.00 bits per heavy atom. The lowest BCUT2D eigenvalue weighted by Gasteiger charge is -2.00. The maximum absolute atomic E-state index is 10.9. The van der Waals surface area contributed by atoms with Gasteiger partial charge >= 0.3 is 11.7 Å². The first-order valence-electron chi connectivity index (χ1n) is 3.47. The first kappa shape index (κ1) is 8.38. The second kappa shape index (κ2) is 3.61. The number of amides is 2. The quantitative estimate of drug-likeness (QED) is 0.534. The van der Waals surface area contributed by atoms with Gasteiger partial charge in [-0.05, 0) is 0 Å². The molecule has 1 aromatic heterocycles. The molecule has 0 aromatic carbocycles. The Kier molecular flexibility index (Phi) is 2.52. The number of carbonyl (C=O) groups excluding carboxylic acids is 1. The van der Waals surface area contributed by atoms with E-state index in [1.165, 1.54) is 10.8 Å². The van der Waals surface area contributed by atoms with E-state index in [1.54, 1.807) is 6.20 Å². The average Bonchev–Trinajstić information content (AvgIpc) is 2.36. The Balaban J connectivity index is 2.39. The number of nitrogens with zero attached hydrogens (tertiary/aromatic N) is 1. The largest absolute Gasteiger partial charge is 0.352 e. The number of primary amides is 1. The van der Waals surface area contributed by atoms with Crippen LogP contribution >= 0.6 is 0 Å². The topological polar surface area (TPSA) is 92.9 Å². The van der Waals surface area contributed by atoms with E-state index >= 15 is 0 Å². The zero-order chi connectivity index (χ0) is 8.97. The van der Waals surface area contributed by atoms with Gasteiger partial charge < -0.3 is 16.0 Å². The molecule has 66 valence electrons. The first-order valence-corrected chi connectivity index (χ1v) is 3.47. The lowest BCUT2D eigenvalue weighted by Crippen LogP contribution is -2.33. The Morgan fingerprint density at radius 2 is 2.50 bits per heavy atom. The number of nitrogens with two attached hydrogens (primary N) is 1.